The first kappa shape index (κ1) is 13.3. The van der Waals surface area contributed by atoms with E-state index in [9.17, 15) is 5.11 Å². The van der Waals surface area contributed by atoms with Crippen molar-refractivity contribution in [3.05, 3.63) is 16.5 Å². The molecule has 4 atom stereocenters. The molecular weight excluding hydrogens is 293 g/mol. The molecule has 2 aliphatic heterocycles. The van der Waals surface area contributed by atoms with Gasteiger partial charge < -0.3 is 19.5 Å². The Kier molecular flexibility index (Phi) is 3.53. The Hall–Kier alpha value is -0.660. The highest BCUT2D eigenvalue weighted by Gasteiger charge is 2.49. The number of ether oxygens (including phenoxy) is 2. The lowest BCUT2D eigenvalue weighted by Gasteiger charge is -2.28. The zero-order chi connectivity index (χ0) is 13.6. The molecule has 104 valence electrons. The Balaban J connectivity index is 1.84. The third-order valence-electron chi connectivity index (χ3n) is 3.53. The van der Waals surface area contributed by atoms with Gasteiger partial charge in [0.05, 0.1) is 25.5 Å². The molecule has 1 aromatic heterocycles. The van der Waals surface area contributed by atoms with E-state index in [0.29, 0.717) is 17.4 Å². The summed E-state index contributed by atoms with van der Waals surface area (Å²) in [6, 6.07) is -0.0642. The van der Waals surface area contributed by atoms with Gasteiger partial charge in [-0.1, -0.05) is 11.6 Å². The molecule has 6 nitrogen and oxygen atoms in total. The molecule has 2 fully saturated rings. The minimum absolute atomic E-state index is 0.0642. The quantitative estimate of drug-likeness (QED) is 0.813. The third-order valence-corrected chi connectivity index (χ3v) is 3.98. The Bertz CT molecular complexity index is 490. The number of aliphatic hydroxyl groups is 1. The van der Waals surface area contributed by atoms with Gasteiger partial charge in [-0.25, -0.2) is 4.98 Å². The monoisotopic (exact) mass is 305 g/mol. The standard InChI is InChI=1S/C11H13Cl2N3O3/c1-16(10-5(12)2-14-11(13)15-10)6-3-18-9-7(17)4-19-8(6)9/h2,6-9,17H,3-4H2,1H3. The van der Waals surface area contributed by atoms with Gasteiger partial charge in [0.2, 0.25) is 5.28 Å². The Morgan fingerprint density at radius 1 is 1.32 bits per heavy atom. The first-order valence-corrected chi connectivity index (χ1v) is 6.65. The molecule has 3 heterocycles. The van der Waals surface area contributed by atoms with Crippen molar-refractivity contribution in [3.8, 4) is 0 Å². The lowest BCUT2D eigenvalue weighted by Crippen LogP contribution is -2.43. The lowest BCUT2D eigenvalue weighted by atomic mass is 10.1. The smallest absolute Gasteiger partial charge is 0.224 e. The van der Waals surface area contributed by atoms with Gasteiger partial charge >= 0.3 is 0 Å². The van der Waals surface area contributed by atoms with E-state index in [-0.39, 0.29) is 30.1 Å². The summed E-state index contributed by atoms with van der Waals surface area (Å²) in [6.07, 6.45) is 0.404. The van der Waals surface area contributed by atoms with Crippen LogP contribution in [0.5, 0.6) is 0 Å². The van der Waals surface area contributed by atoms with Crippen LogP contribution >= 0.6 is 23.2 Å². The predicted molar refractivity (Wildman–Crippen MR) is 69.7 cm³/mol. The molecule has 4 unspecified atom stereocenters. The van der Waals surface area contributed by atoms with Crippen molar-refractivity contribution in [2.45, 2.75) is 24.4 Å². The zero-order valence-electron chi connectivity index (χ0n) is 10.2. The molecule has 1 aromatic rings. The van der Waals surface area contributed by atoms with Crippen LogP contribution in [-0.4, -0.2) is 59.7 Å². The second-order valence-electron chi connectivity index (χ2n) is 4.65. The second kappa shape index (κ2) is 5.03. The van der Waals surface area contributed by atoms with Crippen LogP contribution in [0.2, 0.25) is 10.3 Å². The van der Waals surface area contributed by atoms with Crippen molar-refractivity contribution in [1.82, 2.24) is 9.97 Å². The molecule has 3 rings (SSSR count). The lowest BCUT2D eigenvalue weighted by molar-refractivity contribution is 0.0182. The molecule has 0 aliphatic carbocycles. The van der Waals surface area contributed by atoms with E-state index in [1.165, 1.54) is 6.20 Å². The molecule has 2 aliphatic rings. The SMILES string of the molecule is CN(c1nc(Cl)ncc1Cl)C1COC2C(O)COC21. The maximum absolute atomic E-state index is 9.73. The topological polar surface area (TPSA) is 67.7 Å². The number of anilines is 1. The van der Waals surface area contributed by atoms with Gasteiger partial charge in [0.1, 0.15) is 23.3 Å². The fourth-order valence-electron chi connectivity index (χ4n) is 2.53. The summed E-state index contributed by atoms with van der Waals surface area (Å²) in [5.74, 6) is 0.529. The number of aliphatic hydroxyl groups excluding tert-OH is 1. The highest BCUT2D eigenvalue weighted by molar-refractivity contribution is 6.33. The number of aromatic nitrogens is 2. The first-order valence-electron chi connectivity index (χ1n) is 5.90. The molecule has 0 bridgehead atoms. The third kappa shape index (κ3) is 2.28. The van der Waals surface area contributed by atoms with Gasteiger partial charge in [-0.3, -0.25) is 0 Å². The van der Waals surface area contributed by atoms with Crippen LogP contribution in [-0.2, 0) is 9.47 Å². The Labute approximate surface area is 120 Å². The molecular formula is C11H13Cl2N3O3. The highest BCUT2D eigenvalue weighted by Crippen LogP contribution is 2.33. The van der Waals surface area contributed by atoms with Crippen LogP contribution in [0.25, 0.3) is 0 Å². The van der Waals surface area contributed by atoms with Gasteiger partial charge in [0, 0.05) is 7.05 Å². The van der Waals surface area contributed by atoms with Gasteiger partial charge in [0.15, 0.2) is 5.82 Å². The van der Waals surface area contributed by atoms with Crippen molar-refractivity contribution in [2.75, 3.05) is 25.2 Å². The van der Waals surface area contributed by atoms with E-state index in [4.69, 9.17) is 32.7 Å². The molecule has 1 N–H and O–H groups in total. The van der Waals surface area contributed by atoms with Crippen LogP contribution in [0.1, 0.15) is 0 Å². The number of fused-ring (bicyclic) bond motifs is 1. The van der Waals surface area contributed by atoms with Crippen LogP contribution < -0.4 is 4.90 Å². The van der Waals surface area contributed by atoms with Gasteiger partial charge in [-0.2, -0.15) is 4.98 Å². The molecule has 0 aromatic carbocycles. The van der Waals surface area contributed by atoms with Gasteiger partial charge in [0.25, 0.3) is 0 Å². The van der Waals surface area contributed by atoms with E-state index in [1.54, 1.807) is 0 Å². The number of likely N-dealkylation sites (N-methyl/N-ethyl adjacent to an activating group) is 1. The molecule has 0 saturated carbocycles. The van der Waals surface area contributed by atoms with E-state index in [1.807, 2.05) is 11.9 Å². The minimum Gasteiger partial charge on any atom is -0.388 e. The first-order chi connectivity index (χ1) is 9.08. The van der Waals surface area contributed by atoms with E-state index < -0.39 is 6.10 Å². The average molecular weight is 306 g/mol. The van der Waals surface area contributed by atoms with E-state index >= 15 is 0 Å². The van der Waals surface area contributed by atoms with Crippen LogP contribution in [0.15, 0.2) is 6.20 Å². The van der Waals surface area contributed by atoms with E-state index in [0.717, 1.165) is 0 Å². The summed E-state index contributed by atoms with van der Waals surface area (Å²) in [5, 5.41) is 10.3. The Morgan fingerprint density at radius 3 is 2.84 bits per heavy atom. The number of rotatable bonds is 2. The van der Waals surface area contributed by atoms with E-state index in [2.05, 4.69) is 9.97 Å². The molecule has 0 amide bonds. The molecule has 0 radical (unpaired) electrons. The number of halogens is 2. The van der Waals surface area contributed by atoms with Crippen molar-refractivity contribution >= 4 is 29.0 Å². The van der Waals surface area contributed by atoms with Crippen molar-refractivity contribution in [1.29, 1.82) is 0 Å². The molecule has 19 heavy (non-hydrogen) atoms. The molecule has 8 heteroatoms. The fourth-order valence-corrected chi connectivity index (χ4v) is 2.89. The Morgan fingerprint density at radius 2 is 2.05 bits per heavy atom. The summed E-state index contributed by atoms with van der Waals surface area (Å²) in [4.78, 5) is 9.80. The maximum atomic E-state index is 9.73. The second-order valence-corrected chi connectivity index (χ2v) is 5.40. The van der Waals surface area contributed by atoms with Crippen molar-refractivity contribution < 1.29 is 14.6 Å². The van der Waals surface area contributed by atoms with Crippen molar-refractivity contribution in [2.24, 2.45) is 0 Å². The number of nitrogens with zero attached hydrogens (tertiary/aromatic N) is 3. The summed E-state index contributed by atoms with van der Waals surface area (Å²) in [6.45, 7) is 0.735. The fraction of sp³-hybridized carbons (Fsp3) is 0.636. The maximum Gasteiger partial charge on any atom is 0.224 e. The largest absolute Gasteiger partial charge is 0.388 e. The zero-order valence-corrected chi connectivity index (χ0v) is 11.7. The van der Waals surface area contributed by atoms with Crippen molar-refractivity contribution in [3.63, 3.8) is 0 Å². The summed E-state index contributed by atoms with van der Waals surface area (Å²) < 4.78 is 11.2. The molecule has 0 spiro atoms. The summed E-state index contributed by atoms with van der Waals surface area (Å²) in [5.41, 5.74) is 0. The molecule has 2 saturated heterocycles. The summed E-state index contributed by atoms with van der Waals surface area (Å²) >= 11 is 11.9. The normalized spacial score (nSPS) is 33.5. The highest BCUT2D eigenvalue weighted by atomic mass is 35.5. The average Bonchev–Trinajstić information content (AvgIpc) is 2.95. The predicted octanol–water partition coefficient (Wildman–Crippen LogP) is 0.747. The van der Waals surface area contributed by atoms with Gasteiger partial charge in [-0.15, -0.1) is 0 Å². The minimum atomic E-state index is -0.576. The summed E-state index contributed by atoms with van der Waals surface area (Å²) in [7, 11) is 1.84. The van der Waals surface area contributed by atoms with Crippen LogP contribution in [0.3, 0.4) is 0 Å². The van der Waals surface area contributed by atoms with Gasteiger partial charge in [-0.05, 0) is 11.6 Å². The number of hydrogen-bond acceptors (Lipinski definition) is 6. The van der Waals surface area contributed by atoms with Crippen LogP contribution in [0, 0.1) is 0 Å². The number of hydrogen-bond donors (Lipinski definition) is 1. The van der Waals surface area contributed by atoms with Crippen LogP contribution in [0.4, 0.5) is 5.82 Å².